The maximum absolute atomic E-state index is 5.21. The molecule has 0 fully saturated rings. The maximum Gasteiger partial charge on any atom is 0.198 e. The number of hydrogen-bond acceptors (Lipinski definition) is 4. The molecule has 1 rings (SSSR count). The van der Waals surface area contributed by atoms with Gasteiger partial charge in [-0.1, -0.05) is 0 Å². The summed E-state index contributed by atoms with van der Waals surface area (Å²) in [4.78, 5) is 7.15. The van der Waals surface area contributed by atoms with E-state index < -0.39 is 5.79 Å². The Balaban J connectivity index is 2.77. The summed E-state index contributed by atoms with van der Waals surface area (Å²) in [6, 6.07) is 0. The highest BCUT2D eigenvalue weighted by atomic mass is 15.2. The zero-order valence-corrected chi connectivity index (χ0v) is 3.70. The lowest BCUT2D eigenvalue weighted by molar-refractivity contribution is 0.654. The fourth-order valence-electron chi connectivity index (χ4n) is 0.319. The lowest BCUT2D eigenvalue weighted by atomic mass is 10.5. The summed E-state index contributed by atoms with van der Waals surface area (Å²) in [5, 5.41) is 0. The number of nitrogens with zero attached hydrogens (tertiary/aromatic N) is 2. The third-order valence-corrected chi connectivity index (χ3v) is 0.629. The second-order valence-electron chi connectivity index (χ2n) is 1.41. The average Bonchev–Trinajstić information content (AvgIpc) is 1.84. The van der Waals surface area contributed by atoms with E-state index in [4.69, 9.17) is 11.5 Å². The average molecular weight is 98.1 g/mol. The van der Waals surface area contributed by atoms with Crippen molar-refractivity contribution >= 4 is 12.6 Å². The van der Waals surface area contributed by atoms with Crippen LogP contribution in [-0.4, -0.2) is 18.3 Å². The molecule has 0 unspecified atom stereocenters. The first kappa shape index (κ1) is 4.42. The highest BCUT2D eigenvalue weighted by Gasteiger charge is 2.14. The minimum atomic E-state index is -1.03. The molecule has 7 heavy (non-hydrogen) atoms. The van der Waals surface area contributed by atoms with Gasteiger partial charge in [-0.2, -0.15) is 0 Å². The molecule has 0 aliphatic carbocycles. The Labute approximate surface area is 40.9 Å². The van der Waals surface area contributed by atoms with E-state index in [1.165, 1.54) is 12.6 Å². The first-order valence-electron chi connectivity index (χ1n) is 1.86. The maximum atomic E-state index is 5.21. The predicted octanol–water partition coefficient (Wildman–Crippen LogP) is -1.33. The number of nitrogens with two attached hydrogens (primary N) is 2. The van der Waals surface area contributed by atoms with E-state index in [2.05, 4.69) is 9.98 Å². The van der Waals surface area contributed by atoms with Crippen molar-refractivity contribution in [3.63, 3.8) is 0 Å². The highest BCUT2D eigenvalue weighted by molar-refractivity contribution is 5.84. The summed E-state index contributed by atoms with van der Waals surface area (Å²) in [6.45, 7) is 0. The summed E-state index contributed by atoms with van der Waals surface area (Å²) in [6.07, 6.45) is 2.72. The van der Waals surface area contributed by atoms with Crippen molar-refractivity contribution in [2.24, 2.45) is 21.5 Å². The Hall–Kier alpha value is -0.740. The summed E-state index contributed by atoms with van der Waals surface area (Å²) < 4.78 is 0. The second kappa shape index (κ2) is 1.11. The van der Waals surface area contributed by atoms with Gasteiger partial charge in [-0.3, -0.25) is 11.5 Å². The Bertz CT molecular complexity index is 109. The van der Waals surface area contributed by atoms with Crippen LogP contribution in [0.25, 0.3) is 0 Å². The van der Waals surface area contributed by atoms with Crippen LogP contribution in [0.2, 0.25) is 0 Å². The molecule has 1 aliphatic heterocycles. The smallest absolute Gasteiger partial charge is 0.198 e. The van der Waals surface area contributed by atoms with E-state index in [0.717, 1.165) is 0 Å². The number of rotatable bonds is 0. The van der Waals surface area contributed by atoms with Crippen LogP contribution in [0.15, 0.2) is 9.98 Å². The zero-order valence-electron chi connectivity index (χ0n) is 3.70. The van der Waals surface area contributed by atoms with E-state index in [9.17, 15) is 0 Å². The van der Waals surface area contributed by atoms with Gasteiger partial charge >= 0.3 is 0 Å². The summed E-state index contributed by atoms with van der Waals surface area (Å²) in [7, 11) is 0. The summed E-state index contributed by atoms with van der Waals surface area (Å²) >= 11 is 0. The van der Waals surface area contributed by atoms with Gasteiger partial charge in [-0.15, -0.1) is 0 Å². The molecular formula is C3H6N4. The molecule has 0 spiro atoms. The van der Waals surface area contributed by atoms with Crippen molar-refractivity contribution in [2.75, 3.05) is 0 Å². The van der Waals surface area contributed by atoms with Gasteiger partial charge in [-0.05, 0) is 0 Å². The molecule has 1 heterocycles. The van der Waals surface area contributed by atoms with Crippen molar-refractivity contribution in [1.29, 1.82) is 0 Å². The van der Waals surface area contributed by atoms with Crippen LogP contribution in [0, 0.1) is 0 Å². The van der Waals surface area contributed by atoms with Gasteiger partial charge in [0.1, 0.15) is 6.34 Å². The molecule has 0 bridgehead atoms. The first-order chi connectivity index (χ1) is 3.21. The molecule has 0 saturated heterocycles. The summed E-state index contributed by atoms with van der Waals surface area (Å²) in [5.74, 6) is -1.03. The van der Waals surface area contributed by atoms with Crippen LogP contribution >= 0.6 is 0 Å². The van der Waals surface area contributed by atoms with Gasteiger partial charge in [-0.25, -0.2) is 9.98 Å². The van der Waals surface area contributed by atoms with E-state index in [1.807, 2.05) is 0 Å². The number of hydrogen-bond donors (Lipinski definition) is 2. The molecule has 0 aromatic rings. The van der Waals surface area contributed by atoms with Gasteiger partial charge in [0, 0.05) is 0 Å². The van der Waals surface area contributed by atoms with Crippen molar-refractivity contribution in [1.82, 2.24) is 0 Å². The third-order valence-electron chi connectivity index (χ3n) is 0.629. The normalized spacial score (nSPS) is 23.7. The van der Waals surface area contributed by atoms with Crippen molar-refractivity contribution in [3.8, 4) is 0 Å². The molecule has 38 valence electrons. The lowest BCUT2D eigenvalue weighted by Gasteiger charge is -2.05. The minimum absolute atomic E-state index is 1.03. The zero-order chi connectivity index (χ0) is 5.33. The monoisotopic (exact) mass is 98.1 g/mol. The Kier molecular flexibility index (Phi) is 0.703. The molecule has 0 radical (unpaired) electrons. The quantitative estimate of drug-likeness (QED) is 0.368. The van der Waals surface area contributed by atoms with Gasteiger partial charge in [0.2, 0.25) is 0 Å². The van der Waals surface area contributed by atoms with Gasteiger partial charge in [0.05, 0.1) is 6.21 Å². The van der Waals surface area contributed by atoms with Gasteiger partial charge in [0.15, 0.2) is 5.79 Å². The predicted molar refractivity (Wildman–Crippen MR) is 28.1 cm³/mol. The Morgan fingerprint density at radius 2 is 2.14 bits per heavy atom. The lowest BCUT2D eigenvalue weighted by Crippen LogP contribution is -2.47. The van der Waals surface area contributed by atoms with Crippen LogP contribution in [-0.2, 0) is 0 Å². The third kappa shape index (κ3) is 0.819. The molecule has 0 aromatic carbocycles. The highest BCUT2D eigenvalue weighted by Crippen LogP contribution is 1.91. The SMILES string of the molecule is NC1(N)C=NC=N1. The standard InChI is InChI=1S/C3H6N4/c4-3(5)1-6-2-7-3/h1-2H,4-5H2. The largest absolute Gasteiger partial charge is 0.290 e. The van der Waals surface area contributed by atoms with Gasteiger partial charge in [0.25, 0.3) is 0 Å². The van der Waals surface area contributed by atoms with E-state index in [-0.39, 0.29) is 0 Å². The molecule has 0 atom stereocenters. The first-order valence-corrected chi connectivity index (χ1v) is 1.86. The van der Waals surface area contributed by atoms with E-state index in [1.54, 1.807) is 0 Å². The van der Waals surface area contributed by atoms with E-state index in [0.29, 0.717) is 0 Å². The van der Waals surface area contributed by atoms with Crippen LogP contribution in [0.1, 0.15) is 0 Å². The van der Waals surface area contributed by atoms with Crippen LogP contribution in [0.3, 0.4) is 0 Å². The molecular weight excluding hydrogens is 92.1 g/mol. The Morgan fingerprint density at radius 1 is 1.43 bits per heavy atom. The molecule has 4 nitrogen and oxygen atoms in total. The van der Waals surface area contributed by atoms with Gasteiger partial charge < -0.3 is 0 Å². The fourth-order valence-corrected chi connectivity index (χ4v) is 0.319. The molecule has 4 N–H and O–H groups in total. The molecule has 0 amide bonds. The minimum Gasteiger partial charge on any atom is -0.290 e. The van der Waals surface area contributed by atoms with Crippen LogP contribution in [0.4, 0.5) is 0 Å². The number of aliphatic imine (C=N–C) groups is 2. The van der Waals surface area contributed by atoms with E-state index >= 15 is 0 Å². The fraction of sp³-hybridized carbons (Fsp3) is 0.333. The van der Waals surface area contributed by atoms with Crippen LogP contribution in [0.5, 0.6) is 0 Å². The Morgan fingerprint density at radius 3 is 2.29 bits per heavy atom. The van der Waals surface area contributed by atoms with Crippen molar-refractivity contribution < 1.29 is 0 Å². The molecule has 1 aliphatic rings. The molecule has 4 heteroatoms. The molecule has 0 saturated carbocycles. The van der Waals surface area contributed by atoms with Crippen LogP contribution < -0.4 is 11.5 Å². The van der Waals surface area contributed by atoms with Crippen molar-refractivity contribution in [3.05, 3.63) is 0 Å². The molecule has 0 aromatic heterocycles. The topological polar surface area (TPSA) is 76.8 Å². The summed E-state index contributed by atoms with van der Waals surface area (Å²) in [5.41, 5.74) is 10.4. The van der Waals surface area contributed by atoms with Crippen molar-refractivity contribution in [2.45, 2.75) is 5.79 Å². The second-order valence-corrected chi connectivity index (χ2v) is 1.41.